The van der Waals surface area contributed by atoms with Crippen LogP contribution in [0.25, 0.3) is 27.5 Å². The molecule has 3 aromatic heterocycles. The highest BCUT2D eigenvalue weighted by molar-refractivity contribution is 7.09. The molecule has 3 heterocycles. The number of carbonyl (C=O) groups is 1. The zero-order valence-corrected chi connectivity index (χ0v) is 19.4. The zero-order valence-electron chi connectivity index (χ0n) is 17.8. The highest BCUT2D eigenvalue weighted by atomic mass is 35.5. The van der Waals surface area contributed by atoms with Crippen LogP contribution in [0.15, 0.2) is 64.8 Å². The summed E-state index contributed by atoms with van der Waals surface area (Å²) in [4.78, 5) is 27.9. The van der Waals surface area contributed by atoms with Gasteiger partial charge in [0, 0.05) is 28.2 Å². The number of thiophene rings is 1. The van der Waals surface area contributed by atoms with Crippen molar-refractivity contribution in [1.82, 2.24) is 19.7 Å². The molecular weight excluding hydrogens is 460 g/mol. The van der Waals surface area contributed by atoms with E-state index in [1.807, 2.05) is 48.8 Å². The molecule has 0 spiro atoms. The molecule has 0 saturated heterocycles. The van der Waals surface area contributed by atoms with Crippen LogP contribution in [0.2, 0.25) is 5.02 Å². The molecule has 7 nitrogen and oxygen atoms in total. The molecule has 166 valence electrons. The second-order valence-corrected chi connectivity index (χ2v) is 8.89. The lowest BCUT2D eigenvalue weighted by Crippen LogP contribution is -2.30. The van der Waals surface area contributed by atoms with E-state index < -0.39 is 0 Å². The number of methoxy groups -OCH3 is 1. The Morgan fingerprint density at radius 1 is 1.18 bits per heavy atom. The number of benzene rings is 2. The molecule has 2 aromatic carbocycles. The maximum absolute atomic E-state index is 13.6. The molecule has 0 aliphatic carbocycles. The van der Waals surface area contributed by atoms with Gasteiger partial charge in [0.1, 0.15) is 11.3 Å². The lowest BCUT2D eigenvalue weighted by Gasteiger charge is -2.11. The van der Waals surface area contributed by atoms with E-state index in [2.05, 4.69) is 10.4 Å². The van der Waals surface area contributed by atoms with Crippen LogP contribution in [-0.4, -0.2) is 27.4 Å². The van der Waals surface area contributed by atoms with E-state index in [-0.39, 0.29) is 17.2 Å². The highest BCUT2D eigenvalue weighted by Crippen LogP contribution is 2.30. The van der Waals surface area contributed by atoms with Crippen molar-refractivity contribution in [1.29, 1.82) is 0 Å². The number of carbonyl (C=O) groups excluding carboxylic acids is 1. The summed E-state index contributed by atoms with van der Waals surface area (Å²) in [5.41, 5.74) is 1.48. The van der Waals surface area contributed by atoms with Crippen molar-refractivity contribution in [3.63, 3.8) is 0 Å². The van der Waals surface area contributed by atoms with Gasteiger partial charge in [-0.25, -0.2) is 0 Å². The Hall–Kier alpha value is -3.62. The van der Waals surface area contributed by atoms with E-state index in [0.717, 1.165) is 15.8 Å². The lowest BCUT2D eigenvalue weighted by molar-refractivity contribution is 0.0946. The lowest BCUT2D eigenvalue weighted by atomic mass is 10.1. The molecule has 0 radical (unpaired) electrons. The van der Waals surface area contributed by atoms with Gasteiger partial charge >= 0.3 is 0 Å². The average Bonchev–Trinajstić information content (AvgIpc) is 3.45. The van der Waals surface area contributed by atoms with E-state index in [9.17, 15) is 9.59 Å². The summed E-state index contributed by atoms with van der Waals surface area (Å²) < 4.78 is 8.23. The standard InChI is InChI=1S/C24H19ClN4O3S/c1-28-18-8-4-3-7-16(18)20-21(23(30)26-13-15-6-5-11-33-15)27-29(24(31)22(20)28)14-9-10-19(32-2)17(25)12-14/h3-12H,13H2,1-2H3,(H,26,30). The molecule has 9 heteroatoms. The normalized spacial score (nSPS) is 11.2. The first-order valence-corrected chi connectivity index (χ1v) is 11.4. The van der Waals surface area contributed by atoms with Crippen LogP contribution >= 0.6 is 22.9 Å². The fourth-order valence-electron chi connectivity index (χ4n) is 3.96. The molecule has 1 amide bonds. The van der Waals surface area contributed by atoms with Crippen LogP contribution in [0.5, 0.6) is 5.75 Å². The van der Waals surface area contributed by atoms with Gasteiger partial charge in [-0.05, 0) is 35.7 Å². The molecule has 0 aliphatic heterocycles. The van der Waals surface area contributed by atoms with Gasteiger partial charge in [-0.3, -0.25) is 9.59 Å². The minimum Gasteiger partial charge on any atom is -0.495 e. The first-order chi connectivity index (χ1) is 16.0. The SMILES string of the molecule is COc1ccc(-n2nc(C(=O)NCc3cccs3)c3c4ccccc4n(C)c3c2=O)cc1Cl. The first-order valence-electron chi connectivity index (χ1n) is 10.1. The molecule has 0 bridgehead atoms. The molecule has 0 saturated carbocycles. The van der Waals surface area contributed by atoms with Crippen molar-refractivity contribution in [2.24, 2.45) is 7.05 Å². The van der Waals surface area contributed by atoms with Gasteiger partial charge < -0.3 is 14.6 Å². The summed E-state index contributed by atoms with van der Waals surface area (Å²) >= 11 is 7.86. The smallest absolute Gasteiger partial charge is 0.296 e. The van der Waals surface area contributed by atoms with E-state index in [4.69, 9.17) is 16.3 Å². The molecule has 0 atom stereocenters. The predicted octanol–water partition coefficient (Wildman–Crippen LogP) is 4.53. The summed E-state index contributed by atoms with van der Waals surface area (Å²) in [6.07, 6.45) is 0. The highest BCUT2D eigenvalue weighted by Gasteiger charge is 2.23. The van der Waals surface area contributed by atoms with Crippen molar-refractivity contribution in [3.05, 3.63) is 85.9 Å². The number of rotatable bonds is 5. The fraction of sp³-hybridized carbons (Fsp3) is 0.125. The van der Waals surface area contributed by atoms with Crippen molar-refractivity contribution in [2.75, 3.05) is 7.11 Å². The van der Waals surface area contributed by atoms with Gasteiger partial charge in [0.15, 0.2) is 5.69 Å². The van der Waals surface area contributed by atoms with E-state index in [1.54, 1.807) is 34.1 Å². The monoisotopic (exact) mass is 478 g/mol. The summed E-state index contributed by atoms with van der Waals surface area (Å²) in [5.74, 6) is 0.117. The van der Waals surface area contributed by atoms with Crippen LogP contribution in [0.1, 0.15) is 15.4 Å². The molecule has 5 rings (SSSR count). The number of aryl methyl sites for hydroxylation is 1. The quantitative estimate of drug-likeness (QED) is 0.402. The average molecular weight is 479 g/mol. The van der Waals surface area contributed by atoms with Gasteiger partial charge in [-0.1, -0.05) is 35.9 Å². The van der Waals surface area contributed by atoms with Crippen LogP contribution < -0.4 is 15.6 Å². The molecule has 1 N–H and O–H groups in total. The zero-order chi connectivity index (χ0) is 23.1. The number of nitrogens with zero attached hydrogens (tertiary/aromatic N) is 3. The van der Waals surface area contributed by atoms with Gasteiger partial charge in [-0.15, -0.1) is 11.3 Å². The Morgan fingerprint density at radius 3 is 2.73 bits per heavy atom. The third-order valence-corrected chi connectivity index (χ3v) is 6.71. The maximum atomic E-state index is 13.6. The molecule has 0 aliphatic rings. The number of para-hydroxylation sites is 1. The Balaban J connectivity index is 1.75. The Morgan fingerprint density at radius 2 is 2.00 bits per heavy atom. The summed E-state index contributed by atoms with van der Waals surface area (Å²) in [5, 5.41) is 11.1. The van der Waals surface area contributed by atoms with Gasteiger partial charge in [0.2, 0.25) is 0 Å². The third-order valence-electron chi connectivity index (χ3n) is 5.54. The van der Waals surface area contributed by atoms with E-state index in [1.165, 1.54) is 11.8 Å². The first kappa shape index (κ1) is 21.2. The number of nitrogens with one attached hydrogen (secondary N) is 1. The Bertz CT molecular complexity index is 1570. The number of ether oxygens (including phenoxy) is 1. The molecule has 5 aromatic rings. The summed E-state index contributed by atoms with van der Waals surface area (Å²) in [6, 6.07) is 16.4. The topological polar surface area (TPSA) is 78.2 Å². The van der Waals surface area contributed by atoms with Gasteiger partial charge in [0.25, 0.3) is 11.5 Å². The van der Waals surface area contributed by atoms with Crippen LogP contribution in [0, 0.1) is 0 Å². The summed E-state index contributed by atoms with van der Waals surface area (Å²) in [6.45, 7) is 0.373. The Kier molecular flexibility index (Phi) is 5.39. The number of halogens is 1. The van der Waals surface area contributed by atoms with Crippen molar-refractivity contribution < 1.29 is 9.53 Å². The third kappa shape index (κ3) is 3.57. The molecule has 0 fully saturated rings. The number of amides is 1. The van der Waals surface area contributed by atoms with Gasteiger partial charge in [0.05, 0.1) is 24.4 Å². The van der Waals surface area contributed by atoms with Gasteiger partial charge in [-0.2, -0.15) is 9.78 Å². The maximum Gasteiger partial charge on any atom is 0.296 e. The second kappa shape index (κ2) is 8.38. The van der Waals surface area contributed by atoms with Crippen LogP contribution in [0.4, 0.5) is 0 Å². The number of fused-ring (bicyclic) bond motifs is 3. The van der Waals surface area contributed by atoms with E-state index in [0.29, 0.717) is 33.9 Å². The minimum atomic E-state index is -0.363. The predicted molar refractivity (Wildman–Crippen MR) is 131 cm³/mol. The summed E-state index contributed by atoms with van der Waals surface area (Å²) in [7, 11) is 3.33. The minimum absolute atomic E-state index is 0.171. The van der Waals surface area contributed by atoms with E-state index >= 15 is 0 Å². The van der Waals surface area contributed by atoms with Crippen molar-refractivity contribution in [3.8, 4) is 11.4 Å². The number of aromatic nitrogens is 3. The van der Waals surface area contributed by atoms with Crippen LogP contribution in [-0.2, 0) is 13.6 Å². The van der Waals surface area contributed by atoms with Crippen molar-refractivity contribution >= 4 is 50.7 Å². The number of hydrogen-bond acceptors (Lipinski definition) is 5. The van der Waals surface area contributed by atoms with Crippen LogP contribution in [0.3, 0.4) is 0 Å². The fourth-order valence-corrected chi connectivity index (χ4v) is 4.86. The molecule has 33 heavy (non-hydrogen) atoms. The number of hydrogen-bond donors (Lipinski definition) is 1. The van der Waals surface area contributed by atoms with Crippen molar-refractivity contribution in [2.45, 2.75) is 6.54 Å². The molecular formula is C24H19ClN4O3S. The largest absolute Gasteiger partial charge is 0.495 e. The Labute approximate surface area is 197 Å². The second-order valence-electron chi connectivity index (χ2n) is 7.45. The molecule has 0 unspecified atom stereocenters.